The summed E-state index contributed by atoms with van der Waals surface area (Å²) in [6, 6.07) is 6.46. The number of fused-ring (bicyclic) bond motifs is 3. The Morgan fingerprint density at radius 2 is 2.31 bits per heavy atom. The zero-order valence-electron chi connectivity index (χ0n) is 7.92. The van der Waals surface area contributed by atoms with Crippen molar-refractivity contribution < 1.29 is 4.74 Å². The Kier molecular flexibility index (Phi) is 1.43. The van der Waals surface area contributed by atoms with Crippen LogP contribution in [0.2, 0.25) is 0 Å². The Morgan fingerprint density at radius 1 is 1.38 bits per heavy atom. The molecular weight excluding hydrogens is 160 g/mol. The van der Waals surface area contributed by atoms with Crippen molar-refractivity contribution >= 4 is 0 Å². The van der Waals surface area contributed by atoms with Crippen LogP contribution in [0.5, 0.6) is 5.75 Å². The molecule has 0 N–H and O–H groups in total. The Labute approximate surface area is 78.7 Å². The standard InChI is InChI=1S/C12H14O/c1-13-11-4-2-3-8-5-6-9-7-10(9)12(8)11/h2-4,9-10H,5-7H2,1H3/t9-,10+/m0/s1. The van der Waals surface area contributed by atoms with Crippen molar-refractivity contribution in [3.63, 3.8) is 0 Å². The highest BCUT2D eigenvalue weighted by Gasteiger charge is 2.43. The van der Waals surface area contributed by atoms with E-state index in [1.807, 2.05) is 0 Å². The van der Waals surface area contributed by atoms with Crippen molar-refractivity contribution in [2.24, 2.45) is 5.92 Å². The van der Waals surface area contributed by atoms with Crippen LogP contribution in [0.4, 0.5) is 0 Å². The summed E-state index contributed by atoms with van der Waals surface area (Å²) >= 11 is 0. The predicted molar refractivity (Wildman–Crippen MR) is 52.2 cm³/mol. The Hall–Kier alpha value is -0.980. The number of benzene rings is 1. The van der Waals surface area contributed by atoms with Crippen molar-refractivity contribution in [1.82, 2.24) is 0 Å². The molecule has 0 unspecified atom stereocenters. The summed E-state index contributed by atoms with van der Waals surface area (Å²) < 4.78 is 5.41. The minimum absolute atomic E-state index is 0.833. The van der Waals surface area contributed by atoms with Gasteiger partial charge in [0.1, 0.15) is 5.75 Å². The number of rotatable bonds is 1. The molecule has 0 heterocycles. The summed E-state index contributed by atoms with van der Waals surface area (Å²) in [6.45, 7) is 0. The van der Waals surface area contributed by atoms with Crippen LogP contribution in [0.15, 0.2) is 18.2 Å². The smallest absolute Gasteiger partial charge is 0.122 e. The van der Waals surface area contributed by atoms with Crippen LogP contribution >= 0.6 is 0 Å². The van der Waals surface area contributed by atoms with E-state index in [1.54, 1.807) is 7.11 Å². The highest BCUT2D eigenvalue weighted by Crippen LogP contribution is 2.56. The molecule has 68 valence electrons. The van der Waals surface area contributed by atoms with Gasteiger partial charge in [-0.3, -0.25) is 0 Å². The largest absolute Gasteiger partial charge is 0.496 e. The SMILES string of the molecule is COc1cccc2c1[C@@H]1C[C@@H]1CC2. The lowest BCUT2D eigenvalue weighted by Gasteiger charge is -2.17. The highest BCUT2D eigenvalue weighted by molar-refractivity contribution is 5.47. The van der Waals surface area contributed by atoms with Gasteiger partial charge < -0.3 is 4.74 Å². The van der Waals surface area contributed by atoms with Crippen molar-refractivity contribution in [3.05, 3.63) is 29.3 Å². The van der Waals surface area contributed by atoms with E-state index in [2.05, 4.69) is 18.2 Å². The van der Waals surface area contributed by atoms with Crippen LogP contribution in [-0.4, -0.2) is 7.11 Å². The fraction of sp³-hybridized carbons (Fsp3) is 0.500. The van der Waals surface area contributed by atoms with Gasteiger partial charge in [-0.25, -0.2) is 0 Å². The molecule has 2 aliphatic carbocycles. The third-order valence-electron chi connectivity index (χ3n) is 3.45. The van der Waals surface area contributed by atoms with Gasteiger partial charge >= 0.3 is 0 Å². The van der Waals surface area contributed by atoms with Crippen LogP contribution in [0, 0.1) is 5.92 Å². The number of hydrogen-bond acceptors (Lipinski definition) is 1. The highest BCUT2D eigenvalue weighted by atomic mass is 16.5. The Balaban J connectivity index is 2.14. The van der Waals surface area contributed by atoms with E-state index in [9.17, 15) is 0 Å². The van der Waals surface area contributed by atoms with Gasteiger partial charge in [-0.2, -0.15) is 0 Å². The molecule has 1 heteroatoms. The quantitative estimate of drug-likeness (QED) is 0.636. The molecule has 0 bridgehead atoms. The lowest BCUT2D eigenvalue weighted by Crippen LogP contribution is -2.03. The first kappa shape index (κ1) is 7.43. The third-order valence-corrected chi connectivity index (χ3v) is 3.45. The first-order valence-corrected chi connectivity index (χ1v) is 5.06. The van der Waals surface area contributed by atoms with Crippen LogP contribution in [0.1, 0.15) is 29.9 Å². The Bertz CT molecular complexity index is 329. The van der Waals surface area contributed by atoms with Gasteiger partial charge in [0.15, 0.2) is 0 Å². The lowest BCUT2D eigenvalue weighted by molar-refractivity contribution is 0.406. The van der Waals surface area contributed by atoms with Gasteiger partial charge in [-0.15, -0.1) is 0 Å². The topological polar surface area (TPSA) is 9.23 Å². The van der Waals surface area contributed by atoms with E-state index >= 15 is 0 Å². The summed E-state index contributed by atoms with van der Waals surface area (Å²) in [5.74, 6) is 2.92. The molecule has 1 nitrogen and oxygen atoms in total. The van der Waals surface area contributed by atoms with Crippen molar-refractivity contribution in [1.29, 1.82) is 0 Å². The van der Waals surface area contributed by atoms with Gasteiger partial charge in [0.05, 0.1) is 7.11 Å². The summed E-state index contributed by atoms with van der Waals surface area (Å²) in [6.07, 6.45) is 4.05. The zero-order chi connectivity index (χ0) is 8.84. The summed E-state index contributed by atoms with van der Waals surface area (Å²) in [5.41, 5.74) is 3.04. The molecule has 0 spiro atoms. The van der Waals surface area contributed by atoms with Gasteiger partial charge in [0.25, 0.3) is 0 Å². The molecule has 0 saturated heterocycles. The number of aryl methyl sites for hydroxylation is 1. The Morgan fingerprint density at radius 3 is 3.15 bits per heavy atom. The summed E-state index contributed by atoms with van der Waals surface area (Å²) in [5, 5.41) is 0. The maximum absolute atomic E-state index is 5.41. The van der Waals surface area contributed by atoms with E-state index < -0.39 is 0 Å². The minimum Gasteiger partial charge on any atom is -0.496 e. The monoisotopic (exact) mass is 174 g/mol. The molecule has 1 aromatic rings. The molecule has 0 aliphatic heterocycles. The fourth-order valence-electron chi connectivity index (χ4n) is 2.67. The number of hydrogen-bond donors (Lipinski definition) is 0. The second-order valence-corrected chi connectivity index (χ2v) is 4.17. The third kappa shape index (κ3) is 0.995. The average molecular weight is 174 g/mol. The van der Waals surface area contributed by atoms with E-state index in [-0.39, 0.29) is 0 Å². The molecular formula is C12H14O. The maximum Gasteiger partial charge on any atom is 0.122 e. The van der Waals surface area contributed by atoms with Crippen molar-refractivity contribution in [2.75, 3.05) is 7.11 Å². The van der Waals surface area contributed by atoms with Gasteiger partial charge in [0, 0.05) is 5.56 Å². The van der Waals surface area contributed by atoms with Crippen molar-refractivity contribution in [2.45, 2.75) is 25.2 Å². The zero-order valence-corrected chi connectivity index (χ0v) is 7.92. The first-order valence-electron chi connectivity index (χ1n) is 5.06. The minimum atomic E-state index is 0.833. The van der Waals surface area contributed by atoms with Crippen molar-refractivity contribution in [3.8, 4) is 5.75 Å². The normalized spacial score (nSPS) is 29.0. The van der Waals surface area contributed by atoms with Gasteiger partial charge in [0.2, 0.25) is 0 Å². The second kappa shape index (κ2) is 2.50. The summed E-state index contributed by atoms with van der Waals surface area (Å²) in [4.78, 5) is 0. The molecule has 2 atom stereocenters. The fourth-order valence-corrected chi connectivity index (χ4v) is 2.67. The predicted octanol–water partition coefficient (Wildman–Crippen LogP) is 2.74. The molecule has 0 aromatic heterocycles. The van der Waals surface area contributed by atoms with Crippen LogP contribution in [0.3, 0.4) is 0 Å². The number of ether oxygens (including phenoxy) is 1. The molecule has 0 amide bonds. The van der Waals surface area contributed by atoms with E-state index in [0.717, 1.165) is 17.6 Å². The van der Waals surface area contributed by atoms with Crippen LogP contribution < -0.4 is 4.74 Å². The second-order valence-electron chi connectivity index (χ2n) is 4.17. The lowest BCUT2D eigenvalue weighted by atomic mass is 9.91. The molecule has 13 heavy (non-hydrogen) atoms. The van der Waals surface area contributed by atoms with Gasteiger partial charge in [-0.1, -0.05) is 12.1 Å². The molecule has 1 saturated carbocycles. The van der Waals surface area contributed by atoms with Gasteiger partial charge in [-0.05, 0) is 42.7 Å². The molecule has 0 radical (unpaired) electrons. The molecule has 2 aliphatic rings. The van der Waals surface area contributed by atoms with Crippen LogP contribution in [0.25, 0.3) is 0 Å². The van der Waals surface area contributed by atoms with E-state index in [1.165, 1.54) is 30.4 Å². The molecule has 1 aromatic carbocycles. The molecule has 1 fully saturated rings. The number of methoxy groups -OCH3 is 1. The summed E-state index contributed by atoms with van der Waals surface area (Å²) in [7, 11) is 1.78. The molecule has 3 rings (SSSR count). The van der Waals surface area contributed by atoms with Crippen LogP contribution in [-0.2, 0) is 6.42 Å². The van der Waals surface area contributed by atoms with E-state index in [0.29, 0.717) is 0 Å². The van der Waals surface area contributed by atoms with E-state index in [4.69, 9.17) is 4.74 Å². The average Bonchev–Trinajstić information content (AvgIpc) is 2.95. The first-order chi connectivity index (χ1) is 6.40. The maximum atomic E-state index is 5.41.